The summed E-state index contributed by atoms with van der Waals surface area (Å²) in [6, 6.07) is 8.24. The van der Waals surface area contributed by atoms with Crippen molar-refractivity contribution in [3.8, 4) is 11.5 Å². The summed E-state index contributed by atoms with van der Waals surface area (Å²) in [6.07, 6.45) is 4.23. The minimum absolute atomic E-state index is 0.0184. The van der Waals surface area contributed by atoms with Crippen LogP contribution in [-0.4, -0.2) is 55.1 Å². The average molecular weight is 421 g/mol. The first-order valence-corrected chi connectivity index (χ1v) is 10.5. The molecule has 9 nitrogen and oxygen atoms in total. The van der Waals surface area contributed by atoms with Crippen molar-refractivity contribution in [2.24, 2.45) is 5.92 Å². The zero-order valence-electron chi connectivity index (χ0n) is 15.9. The Hall–Kier alpha value is -2.53. The zero-order valence-corrected chi connectivity index (χ0v) is 16.7. The summed E-state index contributed by atoms with van der Waals surface area (Å²) in [4.78, 5) is 16.2. The molecule has 3 rings (SSSR count). The van der Waals surface area contributed by atoms with Gasteiger partial charge in [0.15, 0.2) is 0 Å². The lowest BCUT2D eigenvalue weighted by atomic mass is 9.91. The third-order valence-corrected chi connectivity index (χ3v) is 6.72. The van der Waals surface area contributed by atoms with E-state index in [1.54, 1.807) is 30.0 Å². The van der Waals surface area contributed by atoms with Gasteiger partial charge in [-0.2, -0.15) is 4.31 Å². The van der Waals surface area contributed by atoms with Gasteiger partial charge >= 0.3 is 0 Å². The lowest BCUT2D eigenvalue weighted by Crippen LogP contribution is -2.52. The molecule has 2 N–H and O–H groups in total. The van der Waals surface area contributed by atoms with Crippen LogP contribution in [0, 0.1) is 5.92 Å². The van der Waals surface area contributed by atoms with Gasteiger partial charge in [-0.1, -0.05) is 0 Å². The number of hydrogen-bond donors (Lipinski definition) is 2. The van der Waals surface area contributed by atoms with Crippen LogP contribution in [0.25, 0.3) is 0 Å². The van der Waals surface area contributed by atoms with Crippen molar-refractivity contribution in [1.82, 2.24) is 14.8 Å². The highest BCUT2D eigenvalue weighted by molar-refractivity contribution is 7.89. The number of aromatic nitrogens is 1. The number of likely N-dealkylation sites (N-methyl/N-ethyl adjacent to an activating group) is 1. The molecule has 1 fully saturated rings. The van der Waals surface area contributed by atoms with Gasteiger partial charge in [-0.15, -0.1) is 0 Å². The van der Waals surface area contributed by atoms with E-state index in [1.165, 1.54) is 31.3 Å². The molecular weight excluding hydrogens is 398 g/mol. The first-order chi connectivity index (χ1) is 13.9. The first kappa shape index (κ1) is 21.2. The maximum absolute atomic E-state index is 13.1. The molecule has 0 saturated carbocycles. The number of nitrogens with one attached hydrogen (secondary N) is 1. The van der Waals surface area contributed by atoms with E-state index in [0.29, 0.717) is 37.6 Å². The molecule has 10 heteroatoms. The monoisotopic (exact) mass is 421 g/mol. The van der Waals surface area contributed by atoms with Crippen LogP contribution in [0.15, 0.2) is 53.7 Å². The Morgan fingerprint density at radius 1 is 1.17 bits per heavy atom. The van der Waals surface area contributed by atoms with Crippen LogP contribution in [0.4, 0.5) is 0 Å². The van der Waals surface area contributed by atoms with Crippen LogP contribution in [-0.2, 0) is 19.6 Å². The Balaban J connectivity index is 1.81. The molecule has 156 valence electrons. The van der Waals surface area contributed by atoms with Crippen LogP contribution >= 0.6 is 0 Å². The van der Waals surface area contributed by atoms with Gasteiger partial charge < -0.3 is 9.47 Å². The van der Waals surface area contributed by atoms with Gasteiger partial charge in [0.05, 0.1) is 4.90 Å². The Labute approximate surface area is 169 Å². The van der Waals surface area contributed by atoms with Crippen LogP contribution in [0.1, 0.15) is 12.8 Å². The maximum atomic E-state index is 13.1. The van der Waals surface area contributed by atoms with Gasteiger partial charge in [-0.05, 0) is 55.2 Å². The van der Waals surface area contributed by atoms with Gasteiger partial charge in [-0.3, -0.25) is 15.0 Å². The van der Waals surface area contributed by atoms with E-state index in [1.807, 2.05) is 0 Å². The topological polar surface area (TPSA) is 118 Å². The molecule has 0 radical (unpaired) electrons. The summed E-state index contributed by atoms with van der Waals surface area (Å²) in [5.74, 6) is 0.0180. The van der Waals surface area contributed by atoms with E-state index in [9.17, 15) is 13.2 Å². The number of rotatable bonds is 7. The van der Waals surface area contributed by atoms with E-state index >= 15 is 0 Å². The number of hydrogen-bond acceptors (Lipinski definition) is 7. The van der Waals surface area contributed by atoms with E-state index in [2.05, 4.69) is 4.98 Å². The third-order valence-electron chi connectivity index (χ3n) is 4.87. The molecule has 1 amide bonds. The van der Waals surface area contributed by atoms with Crippen LogP contribution < -0.4 is 10.2 Å². The van der Waals surface area contributed by atoms with Crippen molar-refractivity contribution in [3.05, 3.63) is 48.8 Å². The molecule has 1 aromatic heterocycles. The van der Waals surface area contributed by atoms with Gasteiger partial charge in [-0.25, -0.2) is 13.9 Å². The molecule has 1 aromatic carbocycles. The molecule has 1 aliphatic heterocycles. The second kappa shape index (κ2) is 9.31. The molecule has 1 unspecified atom stereocenters. The number of ether oxygens (including phenoxy) is 2. The van der Waals surface area contributed by atoms with E-state index in [-0.39, 0.29) is 10.8 Å². The van der Waals surface area contributed by atoms with E-state index in [4.69, 9.17) is 14.7 Å². The summed E-state index contributed by atoms with van der Waals surface area (Å²) in [5.41, 5.74) is 1.59. The highest BCUT2D eigenvalue weighted by Crippen LogP contribution is 2.28. The SMILES string of the molecule is CN(C(C(=O)NO)C1CCOCC1)S(=O)(=O)c1ccc(Oc2ccncc2)cc1. The lowest BCUT2D eigenvalue weighted by Gasteiger charge is -2.34. The molecule has 1 atom stereocenters. The normalized spacial score (nSPS) is 16.4. The number of hydroxylamine groups is 1. The number of carbonyl (C=O) groups is 1. The molecule has 1 aliphatic rings. The summed E-state index contributed by atoms with van der Waals surface area (Å²) >= 11 is 0. The van der Waals surface area contributed by atoms with Crippen molar-refractivity contribution in [3.63, 3.8) is 0 Å². The summed E-state index contributed by atoms with van der Waals surface area (Å²) in [5, 5.41) is 9.12. The number of amides is 1. The lowest BCUT2D eigenvalue weighted by molar-refractivity contribution is -0.135. The first-order valence-electron chi connectivity index (χ1n) is 9.11. The van der Waals surface area contributed by atoms with E-state index < -0.39 is 22.0 Å². The molecule has 2 aromatic rings. The van der Waals surface area contributed by atoms with Crippen LogP contribution in [0.5, 0.6) is 11.5 Å². The fourth-order valence-corrected chi connectivity index (χ4v) is 4.69. The second-order valence-electron chi connectivity index (χ2n) is 6.65. The zero-order chi connectivity index (χ0) is 20.9. The van der Waals surface area contributed by atoms with Crippen molar-refractivity contribution in [2.45, 2.75) is 23.8 Å². The van der Waals surface area contributed by atoms with Gasteiger partial charge in [0.2, 0.25) is 10.0 Å². The largest absolute Gasteiger partial charge is 0.457 e. The Morgan fingerprint density at radius 2 is 1.76 bits per heavy atom. The Kier molecular flexibility index (Phi) is 6.80. The predicted molar refractivity (Wildman–Crippen MR) is 103 cm³/mol. The van der Waals surface area contributed by atoms with Gasteiger partial charge in [0.1, 0.15) is 17.5 Å². The Bertz CT molecular complexity index is 915. The van der Waals surface area contributed by atoms with E-state index in [0.717, 1.165) is 4.31 Å². The molecule has 0 aliphatic carbocycles. The minimum atomic E-state index is -3.98. The van der Waals surface area contributed by atoms with Crippen molar-refractivity contribution >= 4 is 15.9 Å². The number of carbonyl (C=O) groups excluding carboxylic acids is 1. The van der Waals surface area contributed by atoms with Crippen molar-refractivity contribution in [2.75, 3.05) is 20.3 Å². The molecule has 0 bridgehead atoms. The number of nitrogens with zero attached hydrogens (tertiary/aromatic N) is 2. The van der Waals surface area contributed by atoms with Gasteiger partial charge in [0.25, 0.3) is 5.91 Å². The summed E-state index contributed by atoms with van der Waals surface area (Å²) in [6.45, 7) is 0.879. The third kappa shape index (κ3) is 4.91. The molecule has 1 saturated heterocycles. The van der Waals surface area contributed by atoms with Gasteiger partial charge in [0, 0.05) is 32.7 Å². The fraction of sp³-hybridized carbons (Fsp3) is 0.368. The summed E-state index contributed by atoms with van der Waals surface area (Å²) in [7, 11) is -2.64. The smallest absolute Gasteiger partial charge is 0.262 e. The Morgan fingerprint density at radius 3 is 2.34 bits per heavy atom. The maximum Gasteiger partial charge on any atom is 0.262 e. The van der Waals surface area contributed by atoms with Crippen LogP contribution in [0.2, 0.25) is 0 Å². The fourth-order valence-electron chi connectivity index (χ4n) is 3.31. The molecular formula is C19H23N3O6S. The highest BCUT2D eigenvalue weighted by atomic mass is 32.2. The molecule has 29 heavy (non-hydrogen) atoms. The number of benzene rings is 1. The minimum Gasteiger partial charge on any atom is -0.457 e. The quantitative estimate of drug-likeness (QED) is 0.517. The van der Waals surface area contributed by atoms with Crippen molar-refractivity contribution in [1.29, 1.82) is 0 Å². The standard InChI is InChI=1S/C19H23N3O6S/c1-22(18(19(23)21-24)14-8-12-27-13-9-14)29(25,26)17-4-2-15(3-5-17)28-16-6-10-20-11-7-16/h2-7,10-11,14,18,24H,8-9,12-13H2,1H3,(H,21,23). The predicted octanol–water partition coefficient (Wildman–Crippen LogP) is 1.79. The molecule has 0 spiro atoms. The highest BCUT2D eigenvalue weighted by Gasteiger charge is 2.39. The molecule has 2 heterocycles. The second-order valence-corrected chi connectivity index (χ2v) is 8.65. The average Bonchev–Trinajstić information content (AvgIpc) is 2.75. The number of sulfonamides is 1. The summed E-state index contributed by atoms with van der Waals surface area (Å²) < 4.78 is 38.1. The van der Waals surface area contributed by atoms with Crippen molar-refractivity contribution < 1.29 is 27.9 Å². The van der Waals surface area contributed by atoms with Crippen LogP contribution in [0.3, 0.4) is 0 Å². The number of pyridine rings is 1.